The maximum Gasteiger partial charge on any atom is 0.119 e. The molecule has 1 heterocycles. The van der Waals surface area contributed by atoms with Crippen LogP contribution in [0.3, 0.4) is 0 Å². The predicted molar refractivity (Wildman–Crippen MR) is 60.3 cm³/mol. The number of rotatable bonds is 1. The zero-order valence-electron chi connectivity index (χ0n) is 8.92. The number of aryl methyl sites for hydroxylation is 1. The van der Waals surface area contributed by atoms with E-state index in [-0.39, 0.29) is 0 Å². The number of methoxy groups -OCH3 is 1. The molecule has 0 saturated carbocycles. The lowest BCUT2D eigenvalue weighted by Crippen LogP contribution is -1.86. The summed E-state index contributed by atoms with van der Waals surface area (Å²) in [5, 5.41) is 0. The van der Waals surface area contributed by atoms with Gasteiger partial charge in [-0.3, -0.25) is 0 Å². The minimum Gasteiger partial charge on any atom is -0.497 e. The van der Waals surface area contributed by atoms with E-state index in [4.69, 9.17) is 4.74 Å². The first-order valence-electron chi connectivity index (χ1n) is 5.13. The average molecular weight is 199 g/mol. The number of hydrogen-bond donors (Lipinski definition) is 1. The Morgan fingerprint density at radius 2 is 2.07 bits per heavy atom. The number of H-pyrrole nitrogens is 1. The van der Waals surface area contributed by atoms with Crippen LogP contribution in [0.15, 0.2) is 24.3 Å². The second-order valence-electron chi connectivity index (χ2n) is 4.05. The Kier molecular flexibility index (Phi) is 1.66. The van der Waals surface area contributed by atoms with E-state index >= 15 is 0 Å². The summed E-state index contributed by atoms with van der Waals surface area (Å²) in [5.74, 6) is 0.925. The molecule has 0 unspecified atom stereocenters. The summed E-state index contributed by atoms with van der Waals surface area (Å²) < 4.78 is 5.25. The second-order valence-corrected chi connectivity index (χ2v) is 4.05. The van der Waals surface area contributed by atoms with Crippen molar-refractivity contribution >= 4 is 0 Å². The molecule has 0 radical (unpaired) electrons. The van der Waals surface area contributed by atoms with Gasteiger partial charge in [-0.2, -0.15) is 0 Å². The third-order valence-electron chi connectivity index (χ3n) is 3.00. The smallest absolute Gasteiger partial charge is 0.119 e. The first-order chi connectivity index (χ1) is 7.28. The van der Waals surface area contributed by atoms with Gasteiger partial charge in [-0.25, -0.2) is 0 Å². The molecule has 15 heavy (non-hydrogen) atoms. The largest absolute Gasteiger partial charge is 0.497 e. The fourth-order valence-electron chi connectivity index (χ4n) is 2.30. The minimum atomic E-state index is 0.925. The molecule has 0 fully saturated rings. The molecule has 1 aliphatic carbocycles. The van der Waals surface area contributed by atoms with Gasteiger partial charge in [0, 0.05) is 23.4 Å². The third kappa shape index (κ3) is 1.18. The number of hydrogen-bond acceptors (Lipinski definition) is 1. The van der Waals surface area contributed by atoms with Crippen LogP contribution in [0.4, 0.5) is 0 Å². The Bertz CT molecular complexity index is 525. The van der Waals surface area contributed by atoms with Gasteiger partial charge >= 0.3 is 0 Å². The highest BCUT2D eigenvalue weighted by Gasteiger charge is 2.20. The summed E-state index contributed by atoms with van der Waals surface area (Å²) in [6.07, 6.45) is 1.04. The zero-order valence-corrected chi connectivity index (χ0v) is 8.92. The highest BCUT2D eigenvalue weighted by molar-refractivity contribution is 5.75. The Morgan fingerprint density at radius 1 is 1.20 bits per heavy atom. The van der Waals surface area contributed by atoms with E-state index in [2.05, 4.69) is 30.1 Å². The van der Waals surface area contributed by atoms with Crippen molar-refractivity contribution in [3.63, 3.8) is 0 Å². The summed E-state index contributed by atoms with van der Waals surface area (Å²) in [5.41, 5.74) is 6.57. The molecule has 1 aromatic carbocycles. The van der Waals surface area contributed by atoms with Crippen LogP contribution in [0.2, 0.25) is 0 Å². The van der Waals surface area contributed by atoms with Crippen molar-refractivity contribution in [2.24, 2.45) is 0 Å². The number of nitrogens with one attached hydrogen (secondary N) is 1. The molecule has 1 aliphatic rings. The quantitative estimate of drug-likeness (QED) is 0.640. The molecule has 3 rings (SSSR count). The zero-order chi connectivity index (χ0) is 10.4. The lowest BCUT2D eigenvalue weighted by molar-refractivity contribution is 0.415. The summed E-state index contributed by atoms with van der Waals surface area (Å²) in [7, 11) is 1.71. The minimum absolute atomic E-state index is 0.925. The predicted octanol–water partition coefficient (Wildman–Crippen LogP) is 2.90. The molecule has 0 amide bonds. The Labute approximate surface area is 88.9 Å². The molecule has 0 atom stereocenters. The molecule has 76 valence electrons. The molecule has 2 nitrogen and oxygen atoms in total. The van der Waals surface area contributed by atoms with Crippen LogP contribution >= 0.6 is 0 Å². The Hall–Kier alpha value is -1.70. The van der Waals surface area contributed by atoms with Gasteiger partial charge in [-0.1, -0.05) is 6.07 Å². The van der Waals surface area contributed by atoms with Crippen LogP contribution in [0.25, 0.3) is 11.3 Å². The number of fused-ring (bicyclic) bond motifs is 3. The lowest BCUT2D eigenvalue weighted by Gasteiger charge is -2.03. The van der Waals surface area contributed by atoms with Gasteiger partial charge < -0.3 is 9.72 Å². The molecule has 2 heteroatoms. The fraction of sp³-hybridized carbons (Fsp3) is 0.231. The molecule has 2 aromatic rings. The Morgan fingerprint density at radius 3 is 2.87 bits per heavy atom. The molecule has 0 aliphatic heterocycles. The van der Waals surface area contributed by atoms with Crippen molar-refractivity contribution in [3.05, 3.63) is 41.1 Å². The monoisotopic (exact) mass is 199 g/mol. The number of ether oxygens (including phenoxy) is 1. The number of aromatic nitrogens is 1. The van der Waals surface area contributed by atoms with Crippen LogP contribution in [-0.4, -0.2) is 12.1 Å². The topological polar surface area (TPSA) is 25.0 Å². The van der Waals surface area contributed by atoms with E-state index in [1.807, 2.05) is 6.07 Å². The second kappa shape index (κ2) is 2.89. The average Bonchev–Trinajstić information content (AvgIpc) is 2.73. The van der Waals surface area contributed by atoms with Crippen molar-refractivity contribution in [1.82, 2.24) is 4.98 Å². The molecular weight excluding hydrogens is 186 g/mol. The van der Waals surface area contributed by atoms with Gasteiger partial charge in [0.15, 0.2) is 0 Å². The van der Waals surface area contributed by atoms with Gasteiger partial charge in [-0.05, 0) is 36.2 Å². The molecule has 0 bridgehead atoms. The van der Waals surface area contributed by atoms with Crippen LogP contribution < -0.4 is 4.74 Å². The molecule has 1 aromatic heterocycles. The van der Waals surface area contributed by atoms with Crippen LogP contribution in [0.5, 0.6) is 5.75 Å². The Balaban J connectivity index is 2.20. The molecular formula is C13H13NO. The number of aromatic amines is 1. The number of benzene rings is 1. The lowest BCUT2D eigenvalue weighted by atomic mass is 10.1. The molecule has 0 spiro atoms. The van der Waals surface area contributed by atoms with E-state index < -0.39 is 0 Å². The van der Waals surface area contributed by atoms with E-state index in [1.54, 1.807) is 7.11 Å². The molecule has 1 N–H and O–H groups in total. The third-order valence-corrected chi connectivity index (χ3v) is 3.00. The standard InChI is InChI=1S/C13H13NO/c1-8-5-10-6-9-3-4-11(15-2)7-12(9)13(10)14-8/h3-5,7,14H,6H2,1-2H3. The molecule has 0 saturated heterocycles. The summed E-state index contributed by atoms with van der Waals surface area (Å²) in [4.78, 5) is 3.41. The summed E-state index contributed by atoms with van der Waals surface area (Å²) in [6.45, 7) is 2.10. The van der Waals surface area contributed by atoms with Crippen LogP contribution in [0.1, 0.15) is 16.8 Å². The van der Waals surface area contributed by atoms with Crippen molar-refractivity contribution in [2.45, 2.75) is 13.3 Å². The van der Waals surface area contributed by atoms with Crippen LogP contribution in [-0.2, 0) is 6.42 Å². The maximum atomic E-state index is 5.25. The fourth-order valence-corrected chi connectivity index (χ4v) is 2.30. The van der Waals surface area contributed by atoms with Crippen LogP contribution in [0, 0.1) is 6.92 Å². The SMILES string of the molecule is COc1ccc2c(c1)-c1[nH]c(C)cc1C2. The van der Waals surface area contributed by atoms with Gasteiger partial charge in [0.2, 0.25) is 0 Å². The van der Waals surface area contributed by atoms with Crippen molar-refractivity contribution in [3.8, 4) is 17.0 Å². The van der Waals surface area contributed by atoms with Crippen molar-refractivity contribution in [1.29, 1.82) is 0 Å². The van der Waals surface area contributed by atoms with E-state index in [0.717, 1.165) is 12.2 Å². The normalized spacial score (nSPS) is 12.4. The highest BCUT2D eigenvalue weighted by atomic mass is 16.5. The maximum absolute atomic E-state index is 5.25. The van der Waals surface area contributed by atoms with Gasteiger partial charge in [0.1, 0.15) is 5.75 Å². The first-order valence-corrected chi connectivity index (χ1v) is 5.13. The van der Waals surface area contributed by atoms with E-state index in [0.29, 0.717) is 0 Å². The van der Waals surface area contributed by atoms with Gasteiger partial charge in [0.05, 0.1) is 7.11 Å². The highest BCUT2D eigenvalue weighted by Crippen LogP contribution is 2.38. The summed E-state index contributed by atoms with van der Waals surface area (Å²) in [6, 6.07) is 8.51. The van der Waals surface area contributed by atoms with E-state index in [1.165, 1.54) is 28.1 Å². The van der Waals surface area contributed by atoms with Gasteiger partial charge in [-0.15, -0.1) is 0 Å². The summed E-state index contributed by atoms with van der Waals surface area (Å²) >= 11 is 0. The first kappa shape index (κ1) is 8.60. The van der Waals surface area contributed by atoms with Crippen molar-refractivity contribution < 1.29 is 4.74 Å². The van der Waals surface area contributed by atoms with Gasteiger partial charge in [0.25, 0.3) is 0 Å². The van der Waals surface area contributed by atoms with E-state index in [9.17, 15) is 0 Å². The van der Waals surface area contributed by atoms with Crippen molar-refractivity contribution in [2.75, 3.05) is 7.11 Å².